The van der Waals surface area contributed by atoms with Gasteiger partial charge < -0.3 is 5.73 Å². The molecule has 0 radical (unpaired) electrons. The monoisotopic (exact) mass is 202 g/mol. The number of benzene rings is 1. The van der Waals surface area contributed by atoms with Crippen molar-refractivity contribution in [3.8, 4) is 0 Å². The van der Waals surface area contributed by atoms with Gasteiger partial charge in [0.2, 0.25) is 0 Å². The molecule has 0 unspecified atom stereocenters. The second kappa shape index (κ2) is 3.32. The fraction of sp³-hybridized carbons (Fsp3) is 0.538. The lowest BCUT2D eigenvalue weighted by Gasteiger charge is -2.36. The molecule has 2 nitrogen and oxygen atoms in total. The van der Waals surface area contributed by atoms with Gasteiger partial charge in [0, 0.05) is 12.6 Å². The normalized spacial score (nSPS) is 35.7. The van der Waals surface area contributed by atoms with Gasteiger partial charge in [0.25, 0.3) is 0 Å². The second-order valence-electron chi connectivity index (χ2n) is 4.78. The van der Waals surface area contributed by atoms with Gasteiger partial charge in [-0.25, -0.2) is 0 Å². The van der Waals surface area contributed by atoms with E-state index in [1.54, 1.807) is 0 Å². The Morgan fingerprint density at radius 1 is 1.20 bits per heavy atom. The molecule has 2 aliphatic rings. The Kier molecular flexibility index (Phi) is 2.08. The van der Waals surface area contributed by atoms with Crippen LogP contribution in [0.4, 0.5) is 0 Å². The van der Waals surface area contributed by atoms with Gasteiger partial charge in [-0.05, 0) is 31.4 Å². The summed E-state index contributed by atoms with van der Waals surface area (Å²) >= 11 is 0. The maximum Gasteiger partial charge on any atom is 0.0613 e. The summed E-state index contributed by atoms with van der Waals surface area (Å²) in [5.41, 5.74) is 7.94. The second-order valence-corrected chi connectivity index (χ2v) is 4.78. The molecule has 2 fully saturated rings. The quantitative estimate of drug-likeness (QED) is 0.751. The van der Waals surface area contributed by atoms with Crippen LogP contribution in [0.3, 0.4) is 0 Å². The maximum atomic E-state index is 6.35. The standard InChI is InChI=1S/C13H18N2/c14-12-7-10-15-9-4-8-13(12,15)11-5-2-1-3-6-11/h1-3,5-6,12H,4,7-10,14H2/t12-,13+/m1/s1. The Balaban J connectivity index is 2.07. The van der Waals surface area contributed by atoms with Crippen LogP contribution in [0, 0.1) is 0 Å². The van der Waals surface area contributed by atoms with E-state index in [1.807, 2.05) is 0 Å². The molecule has 2 heteroatoms. The van der Waals surface area contributed by atoms with Gasteiger partial charge in [0.1, 0.15) is 0 Å². The van der Waals surface area contributed by atoms with E-state index in [0.717, 1.165) is 6.42 Å². The van der Waals surface area contributed by atoms with Crippen molar-refractivity contribution >= 4 is 0 Å². The summed E-state index contributed by atoms with van der Waals surface area (Å²) in [6.45, 7) is 2.40. The van der Waals surface area contributed by atoms with Crippen molar-refractivity contribution < 1.29 is 0 Å². The van der Waals surface area contributed by atoms with Gasteiger partial charge in [-0.2, -0.15) is 0 Å². The van der Waals surface area contributed by atoms with Crippen molar-refractivity contribution in [1.29, 1.82) is 0 Å². The smallest absolute Gasteiger partial charge is 0.0613 e. The molecular formula is C13H18N2. The van der Waals surface area contributed by atoms with Gasteiger partial charge in [-0.15, -0.1) is 0 Å². The SMILES string of the molecule is N[C@@H]1CCN2CCC[C@]12c1ccccc1. The summed E-state index contributed by atoms with van der Waals surface area (Å²) in [4.78, 5) is 2.59. The third kappa shape index (κ3) is 1.18. The van der Waals surface area contributed by atoms with Crippen molar-refractivity contribution in [3.05, 3.63) is 35.9 Å². The van der Waals surface area contributed by atoms with E-state index in [9.17, 15) is 0 Å². The number of rotatable bonds is 1. The number of hydrogen-bond acceptors (Lipinski definition) is 2. The molecule has 1 aromatic carbocycles. The van der Waals surface area contributed by atoms with Crippen LogP contribution in [-0.2, 0) is 5.54 Å². The number of fused-ring (bicyclic) bond motifs is 1. The molecule has 0 aromatic heterocycles. The minimum atomic E-state index is 0.168. The molecule has 2 heterocycles. The molecule has 15 heavy (non-hydrogen) atoms. The molecule has 80 valence electrons. The zero-order chi connectivity index (χ0) is 10.3. The Morgan fingerprint density at radius 3 is 2.80 bits per heavy atom. The summed E-state index contributed by atoms with van der Waals surface area (Å²) in [6.07, 6.45) is 3.68. The predicted octanol–water partition coefficient (Wildman–Crippen LogP) is 1.71. The molecule has 0 spiro atoms. The molecule has 0 bridgehead atoms. The highest BCUT2D eigenvalue weighted by molar-refractivity contribution is 5.30. The van der Waals surface area contributed by atoms with E-state index in [1.165, 1.54) is 31.5 Å². The first-order valence-electron chi connectivity index (χ1n) is 5.90. The molecule has 2 atom stereocenters. The van der Waals surface area contributed by atoms with Crippen LogP contribution in [-0.4, -0.2) is 24.0 Å². The first-order valence-corrected chi connectivity index (χ1v) is 5.90. The average Bonchev–Trinajstić information content (AvgIpc) is 2.82. The Morgan fingerprint density at radius 2 is 2.00 bits per heavy atom. The van der Waals surface area contributed by atoms with Crippen molar-refractivity contribution in [2.45, 2.75) is 30.8 Å². The first kappa shape index (κ1) is 9.37. The summed E-state index contributed by atoms with van der Waals surface area (Å²) in [6, 6.07) is 11.1. The van der Waals surface area contributed by atoms with Gasteiger partial charge >= 0.3 is 0 Å². The zero-order valence-electron chi connectivity index (χ0n) is 9.02. The Labute approximate surface area is 91.1 Å². The number of hydrogen-bond donors (Lipinski definition) is 1. The van der Waals surface area contributed by atoms with E-state index in [-0.39, 0.29) is 5.54 Å². The summed E-state index contributed by atoms with van der Waals surface area (Å²) in [7, 11) is 0. The summed E-state index contributed by atoms with van der Waals surface area (Å²) in [5, 5.41) is 0. The van der Waals surface area contributed by atoms with Gasteiger partial charge in [0.15, 0.2) is 0 Å². The largest absolute Gasteiger partial charge is 0.326 e. The van der Waals surface area contributed by atoms with Crippen LogP contribution in [0.25, 0.3) is 0 Å². The van der Waals surface area contributed by atoms with Crippen molar-refractivity contribution in [2.75, 3.05) is 13.1 Å². The number of nitrogens with zero attached hydrogens (tertiary/aromatic N) is 1. The van der Waals surface area contributed by atoms with Gasteiger partial charge in [0.05, 0.1) is 5.54 Å². The van der Waals surface area contributed by atoms with Crippen molar-refractivity contribution in [1.82, 2.24) is 4.90 Å². The van der Waals surface area contributed by atoms with E-state index in [2.05, 4.69) is 35.2 Å². The average molecular weight is 202 g/mol. The Hall–Kier alpha value is -0.860. The minimum absolute atomic E-state index is 0.168. The molecule has 0 saturated carbocycles. The zero-order valence-corrected chi connectivity index (χ0v) is 9.02. The van der Waals surface area contributed by atoms with Crippen molar-refractivity contribution in [2.24, 2.45) is 5.73 Å². The van der Waals surface area contributed by atoms with Crippen LogP contribution in [0.1, 0.15) is 24.8 Å². The van der Waals surface area contributed by atoms with E-state index >= 15 is 0 Å². The van der Waals surface area contributed by atoms with Crippen molar-refractivity contribution in [3.63, 3.8) is 0 Å². The predicted molar refractivity (Wildman–Crippen MR) is 61.5 cm³/mol. The van der Waals surface area contributed by atoms with E-state index < -0.39 is 0 Å². The van der Waals surface area contributed by atoms with Gasteiger partial charge in [-0.1, -0.05) is 30.3 Å². The highest BCUT2D eigenvalue weighted by atomic mass is 15.3. The third-order valence-electron chi connectivity index (χ3n) is 4.15. The van der Waals surface area contributed by atoms with Crippen LogP contribution >= 0.6 is 0 Å². The Bertz CT molecular complexity index is 349. The van der Waals surface area contributed by atoms with Crippen LogP contribution in [0.2, 0.25) is 0 Å². The summed E-state index contributed by atoms with van der Waals surface area (Å²) in [5.74, 6) is 0. The third-order valence-corrected chi connectivity index (χ3v) is 4.15. The molecule has 2 saturated heterocycles. The topological polar surface area (TPSA) is 29.3 Å². The lowest BCUT2D eigenvalue weighted by Crippen LogP contribution is -2.46. The van der Waals surface area contributed by atoms with E-state index in [0.29, 0.717) is 6.04 Å². The first-order chi connectivity index (χ1) is 7.34. The lowest BCUT2D eigenvalue weighted by atomic mass is 9.82. The van der Waals surface area contributed by atoms with Crippen LogP contribution < -0.4 is 5.73 Å². The fourth-order valence-electron chi connectivity index (χ4n) is 3.43. The molecule has 3 rings (SSSR count). The molecule has 1 aromatic rings. The molecule has 0 amide bonds. The summed E-state index contributed by atoms with van der Waals surface area (Å²) < 4.78 is 0. The fourth-order valence-corrected chi connectivity index (χ4v) is 3.43. The van der Waals surface area contributed by atoms with Crippen LogP contribution in [0.15, 0.2) is 30.3 Å². The van der Waals surface area contributed by atoms with Gasteiger partial charge in [-0.3, -0.25) is 4.90 Å². The molecular weight excluding hydrogens is 184 g/mol. The lowest BCUT2D eigenvalue weighted by molar-refractivity contribution is 0.181. The minimum Gasteiger partial charge on any atom is -0.326 e. The highest BCUT2D eigenvalue weighted by Gasteiger charge is 2.50. The molecule has 2 N–H and O–H groups in total. The molecule has 2 aliphatic heterocycles. The highest BCUT2D eigenvalue weighted by Crippen LogP contribution is 2.45. The van der Waals surface area contributed by atoms with E-state index in [4.69, 9.17) is 5.73 Å². The molecule has 0 aliphatic carbocycles. The van der Waals surface area contributed by atoms with Crippen LogP contribution in [0.5, 0.6) is 0 Å². The number of nitrogens with two attached hydrogens (primary N) is 1. The maximum absolute atomic E-state index is 6.35.